The number of aliphatic hydroxyl groups is 1. The third-order valence-electron chi connectivity index (χ3n) is 2.73. The Morgan fingerprint density at radius 2 is 1.95 bits per heavy atom. The summed E-state index contributed by atoms with van der Waals surface area (Å²) in [5, 5.41) is 17.9. The van der Waals surface area contributed by atoms with Crippen LogP contribution in [0.15, 0.2) is 30.3 Å². The number of carboxylic acids is 1. The monoisotopic (exact) mass is 302 g/mol. The molecule has 8 heteroatoms. The van der Waals surface area contributed by atoms with Gasteiger partial charge in [-0.2, -0.15) is 17.4 Å². The van der Waals surface area contributed by atoms with Crippen molar-refractivity contribution < 1.29 is 23.4 Å². The molecule has 0 bridgehead atoms. The molecule has 1 aromatic carbocycles. The van der Waals surface area contributed by atoms with Crippen LogP contribution in [0.2, 0.25) is 0 Å². The molecule has 20 heavy (non-hydrogen) atoms. The summed E-state index contributed by atoms with van der Waals surface area (Å²) in [6.45, 7) is -0.534. The van der Waals surface area contributed by atoms with Crippen molar-refractivity contribution in [2.24, 2.45) is 0 Å². The first-order valence-corrected chi connectivity index (χ1v) is 7.42. The van der Waals surface area contributed by atoms with Crippen LogP contribution in [-0.4, -0.2) is 49.1 Å². The molecular weight excluding hydrogens is 284 g/mol. The average Bonchev–Trinajstić information content (AvgIpc) is 2.43. The maximum atomic E-state index is 12.0. The van der Waals surface area contributed by atoms with E-state index in [2.05, 4.69) is 4.72 Å². The molecule has 0 aromatic heterocycles. The summed E-state index contributed by atoms with van der Waals surface area (Å²) < 4.78 is 27.2. The lowest BCUT2D eigenvalue weighted by Gasteiger charge is -2.22. The van der Waals surface area contributed by atoms with Crippen molar-refractivity contribution in [3.63, 3.8) is 0 Å². The molecule has 0 saturated heterocycles. The highest BCUT2D eigenvalue weighted by Crippen LogP contribution is 2.13. The van der Waals surface area contributed by atoms with Crippen LogP contribution in [0, 0.1) is 0 Å². The van der Waals surface area contributed by atoms with Crippen molar-refractivity contribution in [2.75, 3.05) is 20.2 Å². The maximum absolute atomic E-state index is 12.0. The Kier molecular flexibility index (Phi) is 6.08. The van der Waals surface area contributed by atoms with Crippen LogP contribution in [0.4, 0.5) is 0 Å². The number of nitrogens with zero attached hydrogens (tertiary/aromatic N) is 1. The van der Waals surface area contributed by atoms with Gasteiger partial charge >= 0.3 is 5.97 Å². The topological polar surface area (TPSA) is 107 Å². The quantitative estimate of drug-likeness (QED) is 0.624. The molecule has 0 heterocycles. The number of aliphatic hydroxyl groups excluding tert-OH is 1. The van der Waals surface area contributed by atoms with Gasteiger partial charge in [-0.1, -0.05) is 30.3 Å². The standard InChI is InChI=1S/C12H18N2O5S/c1-14(8-7-12(16)17)20(18,19)13-11(9-15)10-5-3-2-4-6-10/h2-6,11,13,15H,7-9H2,1H3,(H,16,17)/t11-/m0/s1. The first kappa shape index (κ1) is 16.6. The van der Waals surface area contributed by atoms with Crippen LogP contribution >= 0.6 is 0 Å². The molecule has 0 aliphatic heterocycles. The molecule has 0 spiro atoms. The van der Waals surface area contributed by atoms with Crippen molar-refractivity contribution in [1.29, 1.82) is 0 Å². The van der Waals surface area contributed by atoms with Crippen molar-refractivity contribution in [3.05, 3.63) is 35.9 Å². The number of hydrogen-bond donors (Lipinski definition) is 3. The Hall–Kier alpha value is -1.48. The van der Waals surface area contributed by atoms with Crippen LogP contribution < -0.4 is 4.72 Å². The van der Waals surface area contributed by atoms with Gasteiger partial charge in [0.05, 0.1) is 19.1 Å². The third kappa shape index (κ3) is 4.89. The Bertz CT molecular complexity index is 532. The third-order valence-corrected chi connectivity index (χ3v) is 4.31. The van der Waals surface area contributed by atoms with E-state index in [9.17, 15) is 18.3 Å². The van der Waals surface area contributed by atoms with E-state index in [1.54, 1.807) is 30.3 Å². The Labute approximate surface area is 118 Å². The van der Waals surface area contributed by atoms with Gasteiger partial charge in [-0.05, 0) is 5.56 Å². The molecule has 1 rings (SSSR count). The van der Waals surface area contributed by atoms with Crippen molar-refractivity contribution >= 4 is 16.2 Å². The van der Waals surface area contributed by atoms with E-state index >= 15 is 0 Å². The fourth-order valence-electron chi connectivity index (χ4n) is 1.54. The summed E-state index contributed by atoms with van der Waals surface area (Å²) in [7, 11) is -2.57. The highest BCUT2D eigenvalue weighted by atomic mass is 32.2. The van der Waals surface area contributed by atoms with Crippen LogP contribution in [0.5, 0.6) is 0 Å². The number of benzene rings is 1. The molecule has 0 amide bonds. The van der Waals surface area contributed by atoms with Gasteiger partial charge in [-0.15, -0.1) is 0 Å². The summed E-state index contributed by atoms with van der Waals surface area (Å²) >= 11 is 0. The Morgan fingerprint density at radius 3 is 2.45 bits per heavy atom. The average molecular weight is 302 g/mol. The molecule has 0 unspecified atom stereocenters. The van der Waals surface area contributed by atoms with Gasteiger partial charge in [0.15, 0.2) is 0 Å². The number of aliphatic carboxylic acids is 1. The lowest BCUT2D eigenvalue weighted by atomic mass is 10.1. The lowest BCUT2D eigenvalue weighted by molar-refractivity contribution is -0.137. The molecule has 3 N–H and O–H groups in total. The second kappa shape index (κ2) is 7.34. The Balaban J connectivity index is 2.75. The van der Waals surface area contributed by atoms with Crippen LogP contribution in [-0.2, 0) is 15.0 Å². The molecule has 0 fully saturated rings. The van der Waals surface area contributed by atoms with Crippen molar-refractivity contribution in [3.8, 4) is 0 Å². The van der Waals surface area contributed by atoms with Gasteiger partial charge in [-0.3, -0.25) is 4.79 Å². The van der Waals surface area contributed by atoms with Gasteiger partial charge in [0.2, 0.25) is 0 Å². The van der Waals surface area contributed by atoms with Crippen LogP contribution in [0.25, 0.3) is 0 Å². The summed E-state index contributed by atoms with van der Waals surface area (Å²) in [5.74, 6) is -1.08. The number of hydrogen-bond acceptors (Lipinski definition) is 4. The minimum absolute atomic E-state index is 0.141. The van der Waals surface area contributed by atoms with Gasteiger partial charge < -0.3 is 10.2 Å². The molecule has 1 aromatic rings. The van der Waals surface area contributed by atoms with Gasteiger partial charge in [0.25, 0.3) is 10.2 Å². The first-order valence-electron chi connectivity index (χ1n) is 5.98. The second-order valence-electron chi connectivity index (χ2n) is 4.23. The summed E-state index contributed by atoms with van der Waals surface area (Å²) in [6.07, 6.45) is -0.285. The SMILES string of the molecule is CN(CCC(=O)O)S(=O)(=O)N[C@@H](CO)c1ccccc1. The number of rotatable bonds is 8. The molecule has 1 atom stereocenters. The number of carbonyl (C=O) groups is 1. The molecule has 7 nitrogen and oxygen atoms in total. The van der Waals surface area contributed by atoms with E-state index < -0.39 is 28.8 Å². The van der Waals surface area contributed by atoms with Crippen molar-refractivity contribution in [2.45, 2.75) is 12.5 Å². The smallest absolute Gasteiger partial charge is 0.304 e. The van der Waals surface area contributed by atoms with Gasteiger partial charge in [0.1, 0.15) is 0 Å². The van der Waals surface area contributed by atoms with E-state index in [1.807, 2.05) is 0 Å². The molecule has 0 aliphatic carbocycles. The minimum atomic E-state index is -3.86. The summed E-state index contributed by atoms with van der Waals surface area (Å²) in [5.41, 5.74) is 0.630. The first-order chi connectivity index (χ1) is 9.36. The highest BCUT2D eigenvalue weighted by Gasteiger charge is 2.23. The van der Waals surface area contributed by atoms with E-state index in [1.165, 1.54) is 7.05 Å². The van der Waals surface area contributed by atoms with E-state index in [-0.39, 0.29) is 13.0 Å². The van der Waals surface area contributed by atoms with E-state index in [4.69, 9.17) is 5.11 Å². The van der Waals surface area contributed by atoms with E-state index in [0.717, 1.165) is 4.31 Å². The fraction of sp³-hybridized carbons (Fsp3) is 0.417. The van der Waals surface area contributed by atoms with E-state index in [0.29, 0.717) is 5.56 Å². The highest BCUT2D eigenvalue weighted by molar-refractivity contribution is 7.87. The Morgan fingerprint density at radius 1 is 1.35 bits per heavy atom. The predicted molar refractivity (Wildman–Crippen MR) is 73.2 cm³/mol. The zero-order valence-electron chi connectivity index (χ0n) is 11.1. The van der Waals surface area contributed by atoms with Crippen molar-refractivity contribution in [1.82, 2.24) is 9.03 Å². The molecule has 112 valence electrons. The fourth-order valence-corrected chi connectivity index (χ4v) is 2.62. The number of nitrogens with one attached hydrogen (secondary N) is 1. The predicted octanol–water partition coefficient (Wildman–Crippen LogP) is -0.0391. The largest absolute Gasteiger partial charge is 0.481 e. The molecular formula is C12H18N2O5S. The molecule has 0 radical (unpaired) electrons. The summed E-state index contributed by atoms with van der Waals surface area (Å²) in [6, 6.07) is 7.88. The zero-order chi connectivity index (χ0) is 15.2. The number of carboxylic acid groups (broad SMARTS) is 1. The van der Waals surface area contributed by atoms with Gasteiger partial charge in [0, 0.05) is 13.6 Å². The normalized spacial score (nSPS) is 13.3. The lowest BCUT2D eigenvalue weighted by Crippen LogP contribution is -2.42. The minimum Gasteiger partial charge on any atom is -0.481 e. The summed E-state index contributed by atoms with van der Waals surface area (Å²) in [4.78, 5) is 10.4. The maximum Gasteiger partial charge on any atom is 0.304 e. The molecule has 0 aliphatic rings. The van der Waals surface area contributed by atoms with Gasteiger partial charge in [-0.25, -0.2) is 0 Å². The molecule has 0 saturated carbocycles. The second-order valence-corrected chi connectivity index (χ2v) is 6.04. The zero-order valence-corrected chi connectivity index (χ0v) is 11.9. The van der Waals surface area contributed by atoms with Crippen LogP contribution in [0.1, 0.15) is 18.0 Å². The van der Waals surface area contributed by atoms with Crippen LogP contribution in [0.3, 0.4) is 0 Å².